The zero-order chi connectivity index (χ0) is 26.5. The second-order valence-electron chi connectivity index (χ2n) is 7.61. The number of thiophene rings is 1. The Hall–Kier alpha value is -4.00. The van der Waals surface area contributed by atoms with Gasteiger partial charge in [0.05, 0.1) is 32.5 Å². The van der Waals surface area contributed by atoms with E-state index in [0.29, 0.717) is 10.8 Å². The van der Waals surface area contributed by atoms with Gasteiger partial charge in [0.2, 0.25) is 5.91 Å². The molecule has 1 atom stereocenters. The van der Waals surface area contributed by atoms with Crippen LogP contribution in [-0.4, -0.2) is 44.2 Å². The van der Waals surface area contributed by atoms with Crippen LogP contribution >= 0.6 is 34.4 Å². The van der Waals surface area contributed by atoms with E-state index in [1.807, 2.05) is 22.9 Å². The van der Waals surface area contributed by atoms with Gasteiger partial charge in [-0.25, -0.2) is 14.6 Å². The van der Waals surface area contributed by atoms with Crippen LogP contribution < -0.4 is 10.6 Å². The largest absolute Gasteiger partial charge is 0.478 e. The predicted molar refractivity (Wildman–Crippen MR) is 144 cm³/mol. The van der Waals surface area contributed by atoms with Crippen molar-refractivity contribution in [3.05, 3.63) is 82.0 Å². The molecule has 4 N–H and O–H groups in total. The second kappa shape index (κ2) is 11.4. The standard InChI is InChI=1S/C25H19N3O6S3/c1-13(21(29)28-25-27-19(12-36-25)20-3-2-10-35-20)37-16-7-5-15(6-8-16)26-22(30)17-9-4-14(23(31)32)11-18(17)24(33)34/h2-13H,1H3,(H,26,30)(H,31,32)(H,33,34)(H,27,28,29). The van der Waals surface area contributed by atoms with Gasteiger partial charge >= 0.3 is 11.9 Å². The van der Waals surface area contributed by atoms with Gasteiger partial charge in [-0.15, -0.1) is 34.4 Å². The summed E-state index contributed by atoms with van der Waals surface area (Å²) < 4.78 is 0. The van der Waals surface area contributed by atoms with Crippen LogP contribution in [0, 0.1) is 0 Å². The lowest BCUT2D eigenvalue weighted by Crippen LogP contribution is -2.22. The molecule has 0 aliphatic heterocycles. The molecule has 0 radical (unpaired) electrons. The number of thioether (sulfide) groups is 1. The minimum Gasteiger partial charge on any atom is -0.478 e. The molecule has 37 heavy (non-hydrogen) atoms. The Labute approximate surface area is 223 Å². The first-order valence-electron chi connectivity index (χ1n) is 10.7. The van der Waals surface area contributed by atoms with Crippen LogP contribution in [0.1, 0.15) is 38.0 Å². The van der Waals surface area contributed by atoms with Crippen molar-refractivity contribution in [2.45, 2.75) is 17.1 Å². The van der Waals surface area contributed by atoms with Crippen molar-refractivity contribution in [2.24, 2.45) is 0 Å². The van der Waals surface area contributed by atoms with Gasteiger partial charge in [-0.05, 0) is 60.8 Å². The smallest absolute Gasteiger partial charge is 0.336 e. The molecule has 0 fully saturated rings. The fraction of sp³-hybridized carbons (Fsp3) is 0.0800. The summed E-state index contributed by atoms with van der Waals surface area (Å²) in [5.41, 5.74) is 0.430. The average molecular weight is 554 g/mol. The van der Waals surface area contributed by atoms with Crippen molar-refractivity contribution in [3.63, 3.8) is 0 Å². The number of hydrogen-bond donors (Lipinski definition) is 4. The topological polar surface area (TPSA) is 146 Å². The highest BCUT2D eigenvalue weighted by atomic mass is 32.2. The maximum atomic E-state index is 12.6. The molecule has 4 aromatic rings. The number of carboxylic acids is 2. The molecule has 4 rings (SSSR count). The van der Waals surface area contributed by atoms with Crippen LogP contribution in [-0.2, 0) is 4.79 Å². The Morgan fingerprint density at radius 1 is 0.919 bits per heavy atom. The maximum absolute atomic E-state index is 12.6. The first-order chi connectivity index (χ1) is 17.7. The predicted octanol–water partition coefficient (Wildman–Crippen LogP) is 5.64. The zero-order valence-corrected chi connectivity index (χ0v) is 21.6. The van der Waals surface area contributed by atoms with E-state index in [1.165, 1.54) is 35.2 Å². The summed E-state index contributed by atoms with van der Waals surface area (Å²) in [4.78, 5) is 54.2. The second-order valence-corrected chi connectivity index (χ2v) is 10.8. The van der Waals surface area contributed by atoms with Crippen molar-refractivity contribution in [3.8, 4) is 10.6 Å². The Morgan fingerprint density at radius 2 is 1.68 bits per heavy atom. The van der Waals surface area contributed by atoms with Crippen molar-refractivity contribution < 1.29 is 29.4 Å². The van der Waals surface area contributed by atoms with Gasteiger partial charge in [-0.2, -0.15) is 0 Å². The number of carbonyl (C=O) groups excluding carboxylic acids is 2. The molecule has 2 aromatic heterocycles. The monoisotopic (exact) mass is 553 g/mol. The molecule has 2 aromatic carbocycles. The molecule has 12 heteroatoms. The minimum absolute atomic E-state index is 0.161. The van der Waals surface area contributed by atoms with Gasteiger partial charge in [0.1, 0.15) is 0 Å². The van der Waals surface area contributed by atoms with Gasteiger partial charge in [-0.1, -0.05) is 6.07 Å². The maximum Gasteiger partial charge on any atom is 0.336 e. The third kappa shape index (κ3) is 6.42. The number of carbonyl (C=O) groups is 4. The highest BCUT2D eigenvalue weighted by Crippen LogP contribution is 2.30. The molecule has 0 spiro atoms. The van der Waals surface area contributed by atoms with Gasteiger partial charge < -0.3 is 20.8 Å². The number of aromatic nitrogens is 1. The van der Waals surface area contributed by atoms with Crippen LogP contribution in [0.15, 0.2) is 70.3 Å². The SMILES string of the molecule is CC(Sc1ccc(NC(=O)c2ccc(C(=O)O)cc2C(=O)O)cc1)C(=O)Nc1nc(-c2cccs2)cs1. The number of aromatic carboxylic acids is 2. The molecule has 0 aliphatic rings. The van der Waals surface area contributed by atoms with Crippen LogP contribution in [0.25, 0.3) is 10.6 Å². The third-order valence-electron chi connectivity index (χ3n) is 5.04. The molecule has 2 amide bonds. The van der Waals surface area contributed by atoms with Crippen LogP contribution in [0.3, 0.4) is 0 Å². The van der Waals surface area contributed by atoms with E-state index in [0.717, 1.165) is 21.5 Å². The Kier molecular flexibility index (Phi) is 8.01. The first-order valence-corrected chi connectivity index (χ1v) is 13.3. The summed E-state index contributed by atoms with van der Waals surface area (Å²) in [6.07, 6.45) is 0. The normalized spacial score (nSPS) is 11.5. The fourth-order valence-corrected chi connectivity index (χ4v) is 5.54. The van der Waals surface area contributed by atoms with Crippen LogP contribution in [0.4, 0.5) is 10.8 Å². The number of hydrogen-bond acceptors (Lipinski definition) is 8. The fourth-order valence-electron chi connectivity index (χ4n) is 3.20. The Morgan fingerprint density at radius 3 is 2.32 bits per heavy atom. The Bertz CT molecular complexity index is 1470. The number of amides is 2. The molecule has 0 bridgehead atoms. The van der Waals surface area contributed by atoms with E-state index in [4.69, 9.17) is 5.11 Å². The van der Waals surface area contributed by atoms with Gasteiger partial charge in [0.25, 0.3) is 5.91 Å². The summed E-state index contributed by atoms with van der Waals surface area (Å²) in [6, 6.07) is 13.9. The van der Waals surface area contributed by atoms with Gasteiger partial charge in [0, 0.05) is 16.0 Å². The highest BCUT2D eigenvalue weighted by molar-refractivity contribution is 8.00. The minimum atomic E-state index is -1.41. The van der Waals surface area contributed by atoms with Crippen molar-refractivity contribution in [2.75, 3.05) is 10.6 Å². The first kappa shape index (κ1) is 26.1. The van der Waals surface area contributed by atoms with E-state index in [9.17, 15) is 24.3 Å². The number of thiazole rings is 1. The van der Waals surface area contributed by atoms with Crippen LogP contribution in [0.5, 0.6) is 0 Å². The van der Waals surface area contributed by atoms with Gasteiger partial charge in [0.15, 0.2) is 5.13 Å². The number of anilines is 2. The lowest BCUT2D eigenvalue weighted by Gasteiger charge is -2.12. The number of rotatable bonds is 9. The molecule has 0 saturated carbocycles. The van der Waals surface area contributed by atoms with Crippen molar-refractivity contribution >= 4 is 69.0 Å². The average Bonchev–Trinajstić information content (AvgIpc) is 3.57. The van der Waals surface area contributed by atoms with E-state index in [2.05, 4.69) is 15.6 Å². The highest BCUT2D eigenvalue weighted by Gasteiger charge is 2.20. The lowest BCUT2D eigenvalue weighted by molar-refractivity contribution is -0.115. The summed E-state index contributed by atoms with van der Waals surface area (Å²) in [7, 11) is 0. The number of carboxylic acid groups (broad SMARTS) is 2. The summed E-state index contributed by atoms with van der Waals surface area (Å²) in [5.74, 6) is -3.58. The molecule has 0 aliphatic carbocycles. The van der Waals surface area contributed by atoms with E-state index >= 15 is 0 Å². The van der Waals surface area contributed by atoms with Crippen LogP contribution in [0.2, 0.25) is 0 Å². The zero-order valence-electron chi connectivity index (χ0n) is 19.1. The van der Waals surface area contributed by atoms with Gasteiger partial charge in [-0.3, -0.25) is 9.59 Å². The lowest BCUT2D eigenvalue weighted by atomic mass is 10.0. The summed E-state index contributed by atoms with van der Waals surface area (Å²) in [6.45, 7) is 1.78. The Balaban J connectivity index is 1.36. The van der Waals surface area contributed by atoms with E-state index in [1.54, 1.807) is 42.5 Å². The number of benzene rings is 2. The van der Waals surface area contributed by atoms with E-state index in [-0.39, 0.29) is 17.0 Å². The number of nitrogens with zero attached hydrogens (tertiary/aromatic N) is 1. The van der Waals surface area contributed by atoms with Crippen molar-refractivity contribution in [1.29, 1.82) is 0 Å². The molecular formula is C25H19N3O6S3. The summed E-state index contributed by atoms with van der Waals surface area (Å²) in [5, 5.41) is 27.9. The molecular weight excluding hydrogens is 534 g/mol. The molecule has 1 unspecified atom stereocenters. The van der Waals surface area contributed by atoms with Crippen molar-refractivity contribution in [1.82, 2.24) is 4.98 Å². The number of nitrogens with one attached hydrogen (secondary N) is 2. The molecule has 9 nitrogen and oxygen atoms in total. The molecule has 188 valence electrons. The third-order valence-corrected chi connectivity index (χ3v) is 7.81. The summed E-state index contributed by atoms with van der Waals surface area (Å²) >= 11 is 4.27. The molecule has 0 saturated heterocycles. The quantitative estimate of drug-likeness (QED) is 0.195. The molecule has 2 heterocycles. The van der Waals surface area contributed by atoms with E-state index < -0.39 is 28.7 Å².